The van der Waals surface area contributed by atoms with E-state index in [4.69, 9.17) is 13.9 Å². The Bertz CT molecular complexity index is 844. The fourth-order valence-corrected chi connectivity index (χ4v) is 4.64. The van der Waals surface area contributed by atoms with Crippen LogP contribution in [0.5, 0.6) is 11.5 Å². The first-order valence-corrected chi connectivity index (χ1v) is 11.6. The largest absolute Gasteiger partial charge is 0.493 e. The fraction of sp³-hybridized carbons (Fsp3) is 0.522. The van der Waals surface area contributed by atoms with E-state index < -0.39 is 0 Å². The zero-order valence-electron chi connectivity index (χ0n) is 18.4. The van der Waals surface area contributed by atoms with Gasteiger partial charge in [-0.05, 0) is 44.2 Å². The number of carbonyl (C=O) groups excluding carboxylic acids is 1. The summed E-state index contributed by atoms with van der Waals surface area (Å²) in [5.74, 6) is 4.53. The smallest absolute Gasteiger partial charge is 0.232 e. The summed E-state index contributed by atoms with van der Waals surface area (Å²) >= 11 is 1.65. The van der Waals surface area contributed by atoms with Crippen LogP contribution < -0.4 is 9.47 Å². The minimum atomic E-state index is 0.234. The van der Waals surface area contributed by atoms with Crippen LogP contribution in [-0.2, 0) is 10.5 Å². The van der Waals surface area contributed by atoms with Crippen molar-refractivity contribution in [3.05, 3.63) is 35.6 Å². The summed E-state index contributed by atoms with van der Waals surface area (Å²) in [6.45, 7) is 8.94. The molecule has 1 fully saturated rings. The topological polar surface area (TPSA) is 55.2 Å². The maximum absolute atomic E-state index is 12.5. The highest BCUT2D eigenvalue weighted by atomic mass is 32.2. The molecule has 0 radical (unpaired) electrons. The standard InChI is InChI=1S/C23H32N2O4S/c1-5-8-24-9-11-25(12-10-24)23(26)16-30-15-19-14-21(29-17(19)2)18-6-7-20(27-3)22(13-18)28-4/h6-7,13-14H,5,8-12,15-16H2,1-4H3. The monoisotopic (exact) mass is 432 g/mol. The molecule has 164 valence electrons. The lowest BCUT2D eigenvalue weighted by Gasteiger charge is -2.34. The van der Waals surface area contributed by atoms with Crippen molar-refractivity contribution in [2.24, 2.45) is 0 Å². The second kappa shape index (κ2) is 10.8. The third kappa shape index (κ3) is 5.52. The van der Waals surface area contributed by atoms with Gasteiger partial charge in [-0.25, -0.2) is 0 Å². The Morgan fingerprint density at radius 1 is 1.10 bits per heavy atom. The Morgan fingerprint density at radius 2 is 1.83 bits per heavy atom. The van der Waals surface area contributed by atoms with Gasteiger partial charge in [0.05, 0.1) is 20.0 Å². The Labute approximate surface area is 183 Å². The van der Waals surface area contributed by atoms with Crippen molar-refractivity contribution >= 4 is 17.7 Å². The number of carbonyl (C=O) groups is 1. The van der Waals surface area contributed by atoms with E-state index in [2.05, 4.69) is 17.9 Å². The Kier molecular flexibility index (Phi) is 8.10. The van der Waals surface area contributed by atoms with Crippen LogP contribution in [0, 0.1) is 6.92 Å². The molecule has 6 nitrogen and oxygen atoms in total. The van der Waals surface area contributed by atoms with Gasteiger partial charge in [0.2, 0.25) is 5.91 Å². The number of hydrogen-bond donors (Lipinski definition) is 0. The molecule has 1 aliphatic rings. The van der Waals surface area contributed by atoms with Gasteiger partial charge in [-0.1, -0.05) is 6.92 Å². The number of hydrogen-bond acceptors (Lipinski definition) is 6. The van der Waals surface area contributed by atoms with Crippen molar-refractivity contribution in [2.75, 3.05) is 52.7 Å². The van der Waals surface area contributed by atoms with Crippen molar-refractivity contribution in [3.8, 4) is 22.8 Å². The average Bonchev–Trinajstić information content (AvgIpc) is 3.14. The molecule has 3 rings (SSSR count). The lowest BCUT2D eigenvalue weighted by Crippen LogP contribution is -2.49. The molecule has 2 aromatic rings. The number of piperazine rings is 1. The number of furan rings is 1. The molecule has 0 spiro atoms. The molecular weight excluding hydrogens is 400 g/mol. The van der Waals surface area contributed by atoms with Gasteiger partial charge in [-0.3, -0.25) is 9.69 Å². The van der Waals surface area contributed by atoms with Crippen LogP contribution in [0.3, 0.4) is 0 Å². The first-order chi connectivity index (χ1) is 14.5. The maximum Gasteiger partial charge on any atom is 0.232 e. The summed E-state index contributed by atoms with van der Waals surface area (Å²) in [6, 6.07) is 7.80. The van der Waals surface area contributed by atoms with Crippen LogP contribution in [-0.4, -0.2) is 68.4 Å². The molecular formula is C23H32N2O4S. The molecule has 0 unspecified atom stereocenters. The zero-order valence-corrected chi connectivity index (χ0v) is 19.2. The summed E-state index contributed by atoms with van der Waals surface area (Å²) in [5.41, 5.74) is 2.05. The van der Waals surface area contributed by atoms with Gasteiger partial charge < -0.3 is 18.8 Å². The van der Waals surface area contributed by atoms with Gasteiger partial charge in [-0.15, -0.1) is 11.8 Å². The molecule has 0 bridgehead atoms. The summed E-state index contributed by atoms with van der Waals surface area (Å²) < 4.78 is 16.7. The van der Waals surface area contributed by atoms with Crippen molar-refractivity contribution in [1.82, 2.24) is 9.80 Å². The third-order valence-electron chi connectivity index (χ3n) is 5.44. The Hall–Kier alpha value is -2.12. The molecule has 1 aliphatic heterocycles. The molecule has 0 atom stereocenters. The van der Waals surface area contributed by atoms with E-state index in [-0.39, 0.29) is 5.91 Å². The SMILES string of the molecule is CCCN1CCN(C(=O)CSCc2cc(-c3ccc(OC)c(OC)c3)oc2C)CC1. The van der Waals surface area contributed by atoms with Gasteiger partial charge in [0, 0.05) is 43.1 Å². The summed E-state index contributed by atoms with van der Waals surface area (Å²) in [6.07, 6.45) is 1.17. The van der Waals surface area contributed by atoms with Crippen LogP contribution in [0.15, 0.2) is 28.7 Å². The predicted molar refractivity (Wildman–Crippen MR) is 121 cm³/mol. The average molecular weight is 433 g/mol. The van der Waals surface area contributed by atoms with Crippen molar-refractivity contribution in [3.63, 3.8) is 0 Å². The van der Waals surface area contributed by atoms with Gasteiger partial charge in [0.15, 0.2) is 11.5 Å². The lowest BCUT2D eigenvalue weighted by atomic mass is 10.1. The van der Waals surface area contributed by atoms with E-state index >= 15 is 0 Å². The van der Waals surface area contributed by atoms with Crippen LogP contribution in [0.4, 0.5) is 0 Å². The molecule has 30 heavy (non-hydrogen) atoms. The van der Waals surface area contributed by atoms with Gasteiger partial charge >= 0.3 is 0 Å². The van der Waals surface area contributed by atoms with Crippen molar-refractivity contribution in [2.45, 2.75) is 26.0 Å². The van der Waals surface area contributed by atoms with Crippen molar-refractivity contribution < 1.29 is 18.7 Å². The van der Waals surface area contributed by atoms with Crippen LogP contribution in [0.25, 0.3) is 11.3 Å². The first-order valence-electron chi connectivity index (χ1n) is 10.4. The van der Waals surface area contributed by atoms with E-state index in [1.165, 1.54) is 6.42 Å². The first kappa shape index (κ1) is 22.6. The number of benzene rings is 1. The molecule has 0 aliphatic carbocycles. The minimum Gasteiger partial charge on any atom is -0.493 e. The molecule has 1 saturated heterocycles. The van der Waals surface area contributed by atoms with Crippen LogP contribution in [0.1, 0.15) is 24.7 Å². The number of ether oxygens (including phenoxy) is 2. The third-order valence-corrected chi connectivity index (χ3v) is 6.40. The molecule has 0 N–H and O–H groups in total. The summed E-state index contributed by atoms with van der Waals surface area (Å²) in [5, 5.41) is 0. The molecule has 1 aromatic heterocycles. The van der Waals surface area contributed by atoms with Gasteiger partial charge in [0.25, 0.3) is 0 Å². The Balaban J connectivity index is 1.54. The number of nitrogens with zero attached hydrogens (tertiary/aromatic N) is 2. The van der Waals surface area contributed by atoms with Crippen molar-refractivity contribution in [1.29, 1.82) is 0 Å². The summed E-state index contributed by atoms with van der Waals surface area (Å²) in [7, 11) is 3.24. The highest BCUT2D eigenvalue weighted by Gasteiger charge is 2.20. The van der Waals surface area contributed by atoms with Crippen LogP contribution in [0.2, 0.25) is 0 Å². The molecule has 2 heterocycles. The van der Waals surface area contributed by atoms with Gasteiger partial charge in [-0.2, -0.15) is 0 Å². The van der Waals surface area contributed by atoms with E-state index in [0.717, 1.165) is 61.1 Å². The number of amides is 1. The quantitative estimate of drug-likeness (QED) is 0.596. The lowest BCUT2D eigenvalue weighted by molar-refractivity contribution is -0.130. The number of thioether (sulfide) groups is 1. The number of rotatable bonds is 9. The fourth-order valence-electron chi connectivity index (χ4n) is 3.67. The number of methoxy groups -OCH3 is 2. The second-order valence-electron chi connectivity index (χ2n) is 7.48. The molecule has 0 saturated carbocycles. The Morgan fingerprint density at radius 3 is 2.50 bits per heavy atom. The highest BCUT2D eigenvalue weighted by Crippen LogP contribution is 2.34. The molecule has 7 heteroatoms. The maximum atomic E-state index is 12.5. The van der Waals surface area contributed by atoms with Gasteiger partial charge in [0.1, 0.15) is 11.5 Å². The summed E-state index contributed by atoms with van der Waals surface area (Å²) in [4.78, 5) is 17.0. The normalized spacial score (nSPS) is 14.7. The number of aryl methyl sites for hydroxylation is 1. The van der Waals surface area contributed by atoms with E-state index in [9.17, 15) is 4.79 Å². The second-order valence-corrected chi connectivity index (χ2v) is 8.46. The van der Waals surface area contributed by atoms with Crippen LogP contribution >= 0.6 is 11.8 Å². The van der Waals surface area contributed by atoms with E-state index in [1.54, 1.807) is 26.0 Å². The zero-order chi connectivity index (χ0) is 21.5. The minimum absolute atomic E-state index is 0.234. The van der Waals surface area contributed by atoms with E-state index in [1.807, 2.05) is 30.0 Å². The predicted octanol–water partition coefficient (Wildman–Crippen LogP) is 4.06. The molecule has 1 aromatic carbocycles. The van der Waals surface area contributed by atoms with E-state index in [0.29, 0.717) is 17.3 Å². The highest BCUT2D eigenvalue weighted by molar-refractivity contribution is 7.99. The molecule has 1 amide bonds.